The number of hydrogen-bond acceptors (Lipinski definition) is 5. The highest BCUT2D eigenvalue weighted by molar-refractivity contribution is 7.92. The van der Waals surface area contributed by atoms with Gasteiger partial charge in [-0.25, -0.2) is 8.42 Å². The zero-order valence-corrected chi connectivity index (χ0v) is 15.8. The number of amides is 1. The average molecular weight is 376 g/mol. The predicted octanol–water partition coefficient (Wildman–Crippen LogP) is 2.47. The van der Waals surface area contributed by atoms with E-state index in [0.717, 1.165) is 0 Å². The lowest BCUT2D eigenvalue weighted by molar-refractivity contribution is -0.120. The highest BCUT2D eigenvalue weighted by atomic mass is 32.2. The van der Waals surface area contributed by atoms with Crippen LogP contribution in [0.25, 0.3) is 0 Å². The summed E-state index contributed by atoms with van der Waals surface area (Å²) in [6.07, 6.45) is 0. The molecule has 2 aromatic carbocycles. The first-order valence-corrected chi connectivity index (χ1v) is 9.43. The van der Waals surface area contributed by atoms with Crippen molar-refractivity contribution in [3.8, 4) is 11.5 Å². The third-order valence-electron chi connectivity index (χ3n) is 4.25. The summed E-state index contributed by atoms with van der Waals surface area (Å²) in [5, 5.41) is 0. The van der Waals surface area contributed by atoms with Crippen molar-refractivity contribution >= 4 is 27.3 Å². The monoisotopic (exact) mass is 376 g/mol. The van der Waals surface area contributed by atoms with Crippen LogP contribution < -0.4 is 19.1 Å². The summed E-state index contributed by atoms with van der Waals surface area (Å²) in [5.41, 5.74) is 1.96. The Kier molecular flexibility index (Phi) is 4.53. The van der Waals surface area contributed by atoms with Gasteiger partial charge in [0.2, 0.25) is 0 Å². The van der Waals surface area contributed by atoms with Crippen LogP contribution in [-0.2, 0) is 14.8 Å². The summed E-state index contributed by atoms with van der Waals surface area (Å²) < 4.78 is 39.2. The van der Waals surface area contributed by atoms with E-state index in [1.54, 1.807) is 51.2 Å². The average Bonchev–Trinajstić information content (AvgIpc) is 2.57. The van der Waals surface area contributed by atoms with Gasteiger partial charge < -0.3 is 14.4 Å². The van der Waals surface area contributed by atoms with E-state index in [1.165, 1.54) is 12.0 Å². The molecule has 0 fully saturated rings. The van der Waals surface area contributed by atoms with Crippen LogP contribution in [0.2, 0.25) is 0 Å². The minimum atomic E-state index is -3.85. The van der Waals surface area contributed by atoms with Crippen LogP contribution in [0.1, 0.15) is 11.1 Å². The Labute approximate surface area is 152 Å². The number of rotatable bonds is 4. The zero-order valence-electron chi connectivity index (χ0n) is 15.0. The topological polar surface area (TPSA) is 84.9 Å². The number of ether oxygens (including phenoxy) is 2. The second-order valence-electron chi connectivity index (χ2n) is 6.09. The molecule has 0 bridgehead atoms. The SMILES string of the molecule is COc1cc(C)c(S(=O)(=O)Nc2cccc3c2OCC(=O)N3C)c(C)c1. The molecule has 1 aliphatic heterocycles. The lowest BCUT2D eigenvalue weighted by Gasteiger charge is -2.27. The number of methoxy groups -OCH3 is 1. The first-order valence-electron chi connectivity index (χ1n) is 7.95. The summed E-state index contributed by atoms with van der Waals surface area (Å²) in [4.78, 5) is 13.4. The maximum absolute atomic E-state index is 13.0. The number of nitrogens with one attached hydrogen (secondary N) is 1. The van der Waals surface area contributed by atoms with Crippen LogP contribution in [0.5, 0.6) is 11.5 Å². The molecule has 26 heavy (non-hydrogen) atoms. The third-order valence-corrected chi connectivity index (χ3v) is 5.92. The van der Waals surface area contributed by atoms with Crippen LogP contribution in [-0.4, -0.2) is 35.1 Å². The second kappa shape index (κ2) is 6.53. The van der Waals surface area contributed by atoms with Crippen molar-refractivity contribution in [1.29, 1.82) is 0 Å². The molecule has 0 spiro atoms. The smallest absolute Gasteiger partial charge is 0.264 e. The van der Waals surface area contributed by atoms with Crippen molar-refractivity contribution in [2.45, 2.75) is 18.7 Å². The Morgan fingerprint density at radius 3 is 2.46 bits per heavy atom. The molecule has 1 aliphatic rings. The number of aryl methyl sites for hydroxylation is 2. The van der Waals surface area contributed by atoms with Gasteiger partial charge in [-0.05, 0) is 49.2 Å². The molecule has 0 unspecified atom stereocenters. The van der Waals surface area contributed by atoms with E-state index in [4.69, 9.17) is 9.47 Å². The van der Waals surface area contributed by atoms with E-state index in [-0.39, 0.29) is 23.1 Å². The van der Waals surface area contributed by atoms with Gasteiger partial charge in [0.25, 0.3) is 15.9 Å². The molecule has 0 saturated heterocycles. The van der Waals surface area contributed by atoms with Crippen LogP contribution in [0.4, 0.5) is 11.4 Å². The van der Waals surface area contributed by atoms with Crippen molar-refractivity contribution in [2.75, 3.05) is 30.4 Å². The number of sulfonamides is 1. The Morgan fingerprint density at radius 2 is 1.85 bits per heavy atom. The molecular weight excluding hydrogens is 356 g/mol. The third kappa shape index (κ3) is 3.08. The molecule has 1 heterocycles. The second-order valence-corrected chi connectivity index (χ2v) is 7.71. The minimum Gasteiger partial charge on any atom is -0.497 e. The number of para-hydroxylation sites is 1. The maximum Gasteiger partial charge on any atom is 0.264 e. The number of fused-ring (bicyclic) bond motifs is 1. The van der Waals surface area contributed by atoms with Crippen molar-refractivity contribution in [3.05, 3.63) is 41.5 Å². The summed E-state index contributed by atoms with van der Waals surface area (Å²) in [7, 11) is -0.695. The molecule has 2 aromatic rings. The van der Waals surface area contributed by atoms with Crippen LogP contribution in [0.3, 0.4) is 0 Å². The van der Waals surface area contributed by atoms with Gasteiger partial charge in [0.1, 0.15) is 5.75 Å². The van der Waals surface area contributed by atoms with Gasteiger partial charge in [-0.15, -0.1) is 0 Å². The molecule has 1 amide bonds. The molecule has 3 rings (SSSR count). The first kappa shape index (κ1) is 18.1. The highest BCUT2D eigenvalue weighted by Gasteiger charge is 2.27. The molecule has 0 aromatic heterocycles. The van der Waals surface area contributed by atoms with E-state index in [2.05, 4.69) is 4.72 Å². The molecular formula is C18H20N2O5S. The van der Waals surface area contributed by atoms with Gasteiger partial charge in [-0.3, -0.25) is 9.52 Å². The molecule has 0 saturated carbocycles. The van der Waals surface area contributed by atoms with Crippen molar-refractivity contribution < 1.29 is 22.7 Å². The Balaban J connectivity index is 2.04. The number of carbonyl (C=O) groups excluding carboxylic acids is 1. The van der Waals surface area contributed by atoms with E-state index < -0.39 is 10.0 Å². The van der Waals surface area contributed by atoms with Crippen molar-refractivity contribution in [2.24, 2.45) is 0 Å². The van der Waals surface area contributed by atoms with Gasteiger partial charge >= 0.3 is 0 Å². The number of anilines is 2. The normalized spacial score (nSPS) is 13.8. The van der Waals surface area contributed by atoms with E-state index in [1.807, 2.05) is 0 Å². The van der Waals surface area contributed by atoms with Gasteiger partial charge in [-0.2, -0.15) is 0 Å². The van der Waals surface area contributed by atoms with Crippen LogP contribution in [0, 0.1) is 13.8 Å². The van der Waals surface area contributed by atoms with Crippen molar-refractivity contribution in [1.82, 2.24) is 0 Å². The number of likely N-dealkylation sites (N-methyl/N-ethyl adjacent to an activating group) is 1. The Bertz CT molecular complexity index is 962. The quantitative estimate of drug-likeness (QED) is 0.886. The fourth-order valence-electron chi connectivity index (χ4n) is 3.03. The maximum atomic E-state index is 13.0. The summed E-state index contributed by atoms with van der Waals surface area (Å²) >= 11 is 0. The fraction of sp³-hybridized carbons (Fsp3) is 0.278. The molecule has 0 aliphatic carbocycles. The van der Waals surface area contributed by atoms with E-state index >= 15 is 0 Å². The number of hydrogen-bond donors (Lipinski definition) is 1. The van der Waals surface area contributed by atoms with Crippen LogP contribution >= 0.6 is 0 Å². The number of carbonyl (C=O) groups is 1. The highest BCUT2D eigenvalue weighted by Crippen LogP contribution is 2.39. The lowest BCUT2D eigenvalue weighted by atomic mass is 10.1. The summed E-state index contributed by atoms with van der Waals surface area (Å²) in [5.74, 6) is 0.737. The lowest BCUT2D eigenvalue weighted by Crippen LogP contribution is -2.35. The Hall–Kier alpha value is -2.74. The standard InChI is InChI=1S/C18H20N2O5S/c1-11-8-13(24-4)9-12(2)18(11)26(22,23)19-14-6-5-7-15-17(14)25-10-16(21)20(15)3/h5-9,19H,10H2,1-4H3. The summed E-state index contributed by atoms with van der Waals surface area (Å²) in [6, 6.07) is 8.32. The molecule has 0 radical (unpaired) electrons. The molecule has 138 valence electrons. The summed E-state index contributed by atoms with van der Waals surface area (Å²) in [6.45, 7) is 3.30. The van der Waals surface area contributed by atoms with Gasteiger partial charge in [0, 0.05) is 7.05 Å². The molecule has 8 heteroatoms. The fourth-order valence-corrected chi connectivity index (χ4v) is 4.55. The molecule has 1 N–H and O–H groups in total. The molecule has 0 atom stereocenters. The molecule has 7 nitrogen and oxygen atoms in total. The van der Waals surface area contributed by atoms with E-state index in [0.29, 0.717) is 28.3 Å². The predicted molar refractivity (Wildman–Crippen MR) is 98.6 cm³/mol. The van der Waals surface area contributed by atoms with Gasteiger partial charge in [0.05, 0.1) is 23.4 Å². The number of benzene rings is 2. The van der Waals surface area contributed by atoms with Gasteiger partial charge in [0.15, 0.2) is 12.4 Å². The zero-order chi connectivity index (χ0) is 19.1. The van der Waals surface area contributed by atoms with Crippen molar-refractivity contribution in [3.63, 3.8) is 0 Å². The largest absolute Gasteiger partial charge is 0.497 e. The number of nitrogens with zero attached hydrogens (tertiary/aromatic N) is 1. The van der Waals surface area contributed by atoms with Crippen LogP contribution in [0.15, 0.2) is 35.2 Å². The Morgan fingerprint density at radius 1 is 1.19 bits per heavy atom. The first-order chi connectivity index (χ1) is 12.2. The van der Waals surface area contributed by atoms with Gasteiger partial charge in [-0.1, -0.05) is 6.07 Å². The van der Waals surface area contributed by atoms with E-state index in [9.17, 15) is 13.2 Å². The minimum absolute atomic E-state index is 0.136.